The van der Waals surface area contributed by atoms with E-state index < -0.39 is 6.04 Å². The standard InChI is InChI=1S/C16H23N5O/c1-5-10(2)14(17)16(22)18-13-8-6-7-12(9-13)15-20-19-11(3)21(15)4/h6-10,14H,5,17H2,1-4H3,(H,18,22). The van der Waals surface area contributed by atoms with Gasteiger partial charge in [0, 0.05) is 18.3 Å². The average molecular weight is 301 g/mol. The molecule has 0 saturated heterocycles. The highest BCUT2D eigenvalue weighted by molar-refractivity contribution is 5.95. The summed E-state index contributed by atoms with van der Waals surface area (Å²) in [7, 11) is 1.91. The predicted octanol–water partition coefficient (Wildman–Crippen LogP) is 2.10. The lowest BCUT2D eigenvalue weighted by molar-refractivity contribution is -0.118. The first-order valence-electron chi connectivity index (χ1n) is 7.47. The van der Waals surface area contributed by atoms with Crippen molar-refractivity contribution in [2.24, 2.45) is 18.7 Å². The Kier molecular flexibility index (Phi) is 4.92. The van der Waals surface area contributed by atoms with Crippen LogP contribution in [-0.2, 0) is 11.8 Å². The number of rotatable bonds is 5. The number of aromatic nitrogens is 3. The van der Waals surface area contributed by atoms with Gasteiger partial charge in [-0.2, -0.15) is 0 Å². The van der Waals surface area contributed by atoms with Crippen LogP contribution in [0.1, 0.15) is 26.1 Å². The van der Waals surface area contributed by atoms with Gasteiger partial charge in [0.2, 0.25) is 5.91 Å². The van der Waals surface area contributed by atoms with Gasteiger partial charge in [0.15, 0.2) is 5.82 Å². The van der Waals surface area contributed by atoms with Crippen molar-refractivity contribution >= 4 is 11.6 Å². The van der Waals surface area contributed by atoms with E-state index in [9.17, 15) is 4.79 Å². The fourth-order valence-corrected chi connectivity index (χ4v) is 2.13. The minimum absolute atomic E-state index is 0.143. The summed E-state index contributed by atoms with van der Waals surface area (Å²) in [5.41, 5.74) is 7.57. The minimum atomic E-state index is -0.509. The van der Waals surface area contributed by atoms with Crippen LogP contribution in [0.25, 0.3) is 11.4 Å². The molecule has 0 saturated carbocycles. The first kappa shape index (κ1) is 16.2. The molecule has 1 heterocycles. The SMILES string of the molecule is CCC(C)C(N)C(=O)Nc1cccc(-c2nnc(C)n2C)c1. The van der Waals surface area contributed by atoms with E-state index in [1.54, 1.807) is 0 Å². The van der Waals surface area contributed by atoms with Crippen LogP contribution in [0.2, 0.25) is 0 Å². The molecule has 6 heteroatoms. The van der Waals surface area contributed by atoms with Gasteiger partial charge in [-0.1, -0.05) is 32.4 Å². The monoisotopic (exact) mass is 301 g/mol. The molecule has 0 aliphatic rings. The summed E-state index contributed by atoms with van der Waals surface area (Å²) < 4.78 is 1.91. The summed E-state index contributed by atoms with van der Waals surface area (Å²) in [4.78, 5) is 12.2. The highest BCUT2D eigenvalue weighted by Gasteiger charge is 2.19. The van der Waals surface area contributed by atoms with Crippen molar-refractivity contribution in [3.05, 3.63) is 30.1 Å². The molecular formula is C16H23N5O. The molecule has 0 spiro atoms. The first-order valence-corrected chi connectivity index (χ1v) is 7.47. The number of carbonyl (C=O) groups excluding carboxylic acids is 1. The maximum atomic E-state index is 12.2. The van der Waals surface area contributed by atoms with Crippen molar-refractivity contribution in [2.75, 3.05) is 5.32 Å². The largest absolute Gasteiger partial charge is 0.325 e. The van der Waals surface area contributed by atoms with Crippen molar-refractivity contribution in [1.82, 2.24) is 14.8 Å². The summed E-state index contributed by atoms with van der Waals surface area (Å²) in [5, 5.41) is 11.1. The molecule has 2 atom stereocenters. The molecule has 3 N–H and O–H groups in total. The number of carbonyl (C=O) groups is 1. The molecule has 1 aromatic carbocycles. The Balaban J connectivity index is 2.19. The number of anilines is 1. The predicted molar refractivity (Wildman–Crippen MR) is 87.2 cm³/mol. The van der Waals surface area contributed by atoms with E-state index >= 15 is 0 Å². The van der Waals surface area contributed by atoms with E-state index in [4.69, 9.17) is 5.73 Å². The van der Waals surface area contributed by atoms with Crippen molar-refractivity contribution in [3.8, 4) is 11.4 Å². The number of nitrogens with two attached hydrogens (primary N) is 1. The zero-order valence-electron chi connectivity index (χ0n) is 13.5. The molecule has 0 aliphatic carbocycles. The second kappa shape index (κ2) is 6.70. The molecule has 0 aliphatic heterocycles. The van der Waals surface area contributed by atoms with Crippen LogP contribution in [-0.4, -0.2) is 26.7 Å². The van der Waals surface area contributed by atoms with Crippen molar-refractivity contribution in [2.45, 2.75) is 33.2 Å². The molecule has 0 bridgehead atoms. The third-order valence-electron chi connectivity index (χ3n) is 4.04. The van der Waals surface area contributed by atoms with Gasteiger partial charge in [-0.3, -0.25) is 4.79 Å². The maximum absolute atomic E-state index is 12.2. The van der Waals surface area contributed by atoms with E-state index in [0.717, 1.165) is 23.6 Å². The van der Waals surface area contributed by atoms with E-state index in [0.29, 0.717) is 5.69 Å². The van der Waals surface area contributed by atoms with Crippen LogP contribution in [0.4, 0.5) is 5.69 Å². The first-order chi connectivity index (χ1) is 10.4. The van der Waals surface area contributed by atoms with E-state index in [1.807, 2.05) is 56.7 Å². The second-order valence-corrected chi connectivity index (χ2v) is 5.61. The summed E-state index contributed by atoms with van der Waals surface area (Å²) in [6, 6.07) is 7.03. The summed E-state index contributed by atoms with van der Waals surface area (Å²) >= 11 is 0. The number of aryl methyl sites for hydroxylation is 1. The van der Waals surface area contributed by atoms with Gasteiger partial charge in [-0.05, 0) is 25.0 Å². The molecule has 22 heavy (non-hydrogen) atoms. The van der Waals surface area contributed by atoms with Crippen LogP contribution in [0.15, 0.2) is 24.3 Å². The van der Waals surface area contributed by atoms with Crippen molar-refractivity contribution in [3.63, 3.8) is 0 Å². The Labute approximate surface area is 130 Å². The zero-order chi connectivity index (χ0) is 16.3. The van der Waals surface area contributed by atoms with Crippen LogP contribution in [0, 0.1) is 12.8 Å². The van der Waals surface area contributed by atoms with Gasteiger partial charge in [0.25, 0.3) is 0 Å². The minimum Gasteiger partial charge on any atom is -0.325 e. The van der Waals surface area contributed by atoms with Gasteiger partial charge in [0.05, 0.1) is 6.04 Å². The lowest BCUT2D eigenvalue weighted by Gasteiger charge is -2.18. The van der Waals surface area contributed by atoms with Gasteiger partial charge in [0.1, 0.15) is 5.82 Å². The molecule has 0 fully saturated rings. The third-order valence-corrected chi connectivity index (χ3v) is 4.04. The highest BCUT2D eigenvalue weighted by Crippen LogP contribution is 2.21. The Morgan fingerprint density at radius 2 is 2.14 bits per heavy atom. The fraction of sp³-hybridized carbons (Fsp3) is 0.438. The molecule has 0 radical (unpaired) electrons. The van der Waals surface area contributed by atoms with Gasteiger partial charge < -0.3 is 15.6 Å². The average Bonchev–Trinajstić information content (AvgIpc) is 2.85. The Bertz CT molecular complexity index is 664. The lowest BCUT2D eigenvalue weighted by Crippen LogP contribution is -2.40. The quantitative estimate of drug-likeness (QED) is 0.885. The Hall–Kier alpha value is -2.21. The fourth-order valence-electron chi connectivity index (χ4n) is 2.13. The Morgan fingerprint density at radius 3 is 2.73 bits per heavy atom. The summed E-state index contributed by atoms with van der Waals surface area (Å²) in [6.07, 6.45) is 0.868. The number of nitrogens with one attached hydrogen (secondary N) is 1. The van der Waals surface area contributed by atoms with Crippen LogP contribution in [0.3, 0.4) is 0 Å². The lowest BCUT2D eigenvalue weighted by atomic mass is 9.99. The second-order valence-electron chi connectivity index (χ2n) is 5.61. The van der Waals surface area contributed by atoms with Crippen molar-refractivity contribution < 1.29 is 4.79 Å². The summed E-state index contributed by atoms with van der Waals surface area (Å²) in [5.74, 6) is 1.58. The van der Waals surface area contributed by atoms with E-state index in [1.165, 1.54) is 0 Å². The third kappa shape index (κ3) is 3.33. The number of hydrogen-bond donors (Lipinski definition) is 2. The molecular weight excluding hydrogens is 278 g/mol. The van der Waals surface area contributed by atoms with E-state index in [2.05, 4.69) is 15.5 Å². The van der Waals surface area contributed by atoms with Gasteiger partial charge in [-0.15, -0.1) is 10.2 Å². The zero-order valence-corrected chi connectivity index (χ0v) is 13.5. The molecule has 2 aromatic rings. The summed E-state index contributed by atoms with van der Waals surface area (Å²) in [6.45, 7) is 5.89. The molecule has 2 rings (SSSR count). The smallest absolute Gasteiger partial charge is 0.241 e. The number of amides is 1. The molecule has 6 nitrogen and oxygen atoms in total. The number of hydrogen-bond acceptors (Lipinski definition) is 4. The van der Waals surface area contributed by atoms with Crippen LogP contribution in [0.5, 0.6) is 0 Å². The van der Waals surface area contributed by atoms with Gasteiger partial charge in [-0.25, -0.2) is 0 Å². The molecule has 2 unspecified atom stereocenters. The topological polar surface area (TPSA) is 85.8 Å². The molecule has 1 amide bonds. The number of nitrogens with zero attached hydrogens (tertiary/aromatic N) is 3. The van der Waals surface area contributed by atoms with E-state index in [-0.39, 0.29) is 11.8 Å². The highest BCUT2D eigenvalue weighted by atomic mass is 16.2. The van der Waals surface area contributed by atoms with Crippen molar-refractivity contribution in [1.29, 1.82) is 0 Å². The Morgan fingerprint density at radius 1 is 1.41 bits per heavy atom. The normalized spacial score (nSPS) is 13.7. The van der Waals surface area contributed by atoms with Crippen LogP contribution < -0.4 is 11.1 Å². The van der Waals surface area contributed by atoms with Crippen LogP contribution >= 0.6 is 0 Å². The van der Waals surface area contributed by atoms with Gasteiger partial charge >= 0.3 is 0 Å². The molecule has 1 aromatic heterocycles. The number of benzene rings is 1. The maximum Gasteiger partial charge on any atom is 0.241 e. The molecule has 118 valence electrons.